The first-order chi connectivity index (χ1) is 9.66. The molecule has 20 heavy (non-hydrogen) atoms. The van der Waals surface area contributed by atoms with Crippen LogP contribution in [-0.4, -0.2) is 27.1 Å². The lowest BCUT2D eigenvalue weighted by Gasteiger charge is -2.36. The summed E-state index contributed by atoms with van der Waals surface area (Å²) in [6.45, 7) is 2.14. The fraction of sp³-hybridized carbons (Fsp3) is 0.267. The zero-order chi connectivity index (χ0) is 14.1. The highest BCUT2D eigenvalue weighted by atomic mass is 16.4. The predicted octanol–water partition coefficient (Wildman–Crippen LogP) is 2.65. The maximum Gasteiger partial charge on any atom is 0.335 e. The molecular formula is C15H15N3O2. The van der Waals surface area contributed by atoms with Crippen molar-refractivity contribution < 1.29 is 9.90 Å². The first-order valence-electron chi connectivity index (χ1n) is 6.58. The van der Waals surface area contributed by atoms with Gasteiger partial charge in [0, 0.05) is 24.1 Å². The summed E-state index contributed by atoms with van der Waals surface area (Å²) in [6.07, 6.45) is 6.90. The van der Waals surface area contributed by atoms with E-state index in [1.165, 1.54) is 0 Å². The molecule has 1 aliphatic rings. The van der Waals surface area contributed by atoms with Crippen molar-refractivity contribution in [3.8, 4) is 0 Å². The van der Waals surface area contributed by atoms with Gasteiger partial charge in [0.1, 0.15) is 0 Å². The second kappa shape index (κ2) is 4.92. The molecule has 0 aliphatic carbocycles. The Hall–Kier alpha value is -2.43. The second-order valence-corrected chi connectivity index (χ2v) is 4.97. The zero-order valence-electron chi connectivity index (χ0n) is 11.2. The van der Waals surface area contributed by atoms with Crippen LogP contribution in [-0.2, 0) is 6.42 Å². The lowest BCUT2D eigenvalue weighted by atomic mass is 9.95. The van der Waals surface area contributed by atoms with E-state index in [2.05, 4.69) is 21.8 Å². The number of carboxylic acid groups (broad SMARTS) is 1. The maximum absolute atomic E-state index is 11.1. The molecule has 0 fully saturated rings. The van der Waals surface area contributed by atoms with Crippen LogP contribution < -0.4 is 4.90 Å². The van der Waals surface area contributed by atoms with Crippen LogP contribution in [0.5, 0.6) is 0 Å². The Labute approximate surface area is 116 Å². The van der Waals surface area contributed by atoms with E-state index < -0.39 is 5.97 Å². The Bertz CT molecular complexity index is 643. The van der Waals surface area contributed by atoms with E-state index in [1.54, 1.807) is 30.7 Å². The number of benzene rings is 1. The Balaban J connectivity index is 2.08. The SMILES string of the molecule is CC1CCc2cc(C(=O)O)ccc2N1c1cnccn1. The van der Waals surface area contributed by atoms with Crippen molar-refractivity contribution in [2.24, 2.45) is 0 Å². The fourth-order valence-corrected chi connectivity index (χ4v) is 2.65. The first kappa shape index (κ1) is 12.6. The summed E-state index contributed by atoms with van der Waals surface area (Å²) >= 11 is 0. The van der Waals surface area contributed by atoms with Crippen molar-refractivity contribution in [3.63, 3.8) is 0 Å². The molecule has 0 bridgehead atoms. The topological polar surface area (TPSA) is 66.3 Å². The van der Waals surface area contributed by atoms with E-state index in [-0.39, 0.29) is 0 Å². The van der Waals surface area contributed by atoms with Crippen molar-refractivity contribution >= 4 is 17.5 Å². The molecule has 3 rings (SSSR count). The highest BCUT2D eigenvalue weighted by molar-refractivity contribution is 5.89. The summed E-state index contributed by atoms with van der Waals surface area (Å²) in [7, 11) is 0. The molecule has 2 heterocycles. The van der Waals surface area contributed by atoms with Gasteiger partial charge in [0.25, 0.3) is 0 Å². The van der Waals surface area contributed by atoms with Gasteiger partial charge in [-0.2, -0.15) is 0 Å². The van der Waals surface area contributed by atoms with Crippen molar-refractivity contribution in [1.82, 2.24) is 9.97 Å². The summed E-state index contributed by atoms with van der Waals surface area (Å²) in [6, 6.07) is 5.58. The molecule has 5 heteroatoms. The third kappa shape index (κ3) is 2.11. The third-order valence-corrected chi connectivity index (χ3v) is 3.65. The number of hydrogen-bond donors (Lipinski definition) is 1. The first-order valence-corrected chi connectivity index (χ1v) is 6.58. The molecule has 102 valence electrons. The van der Waals surface area contributed by atoms with Gasteiger partial charge in [-0.05, 0) is 43.5 Å². The van der Waals surface area contributed by atoms with Crippen LogP contribution in [0.4, 0.5) is 11.5 Å². The number of rotatable bonds is 2. The van der Waals surface area contributed by atoms with Crippen LogP contribution in [0.25, 0.3) is 0 Å². The lowest BCUT2D eigenvalue weighted by Crippen LogP contribution is -2.34. The number of fused-ring (bicyclic) bond motifs is 1. The molecule has 1 aliphatic heterocycles. The number of carbonyl (C=O) groups is 1. The van der Waals surface area contributed by atoms with Gasteiger partial charge in [0.2, 0.25) is 0 Å². The summed E-state index contributed by atoms with van der Waals surface area (Å²) in [5.41, 5.74) is 2.40. The highest BCUT2D eigenvalue weighted by Crippen LogP contribution is 2.35. The van der Waals surface area contributed by atoms with E-state index >= 15 is 0 Å². The van der Waals surface area contributed by atoms with Gasteiger partial charge in [-0.3, -0.25) is 4.98 Å². The van der Waals surface area contributed by atoms with E-state index in [0.717, 1.165) is 29.9 Å². The van der Waals surface area contributed by atoms with E-state index in [1.807, 2.05) is 6.07 Å². The Morgan fingerprint density at radius 2 is 2.25 bits per heavy atom. The minimum atomic E-state index is -0.891. The summed E-state index contributed by atoms with van der Waals surface area (Å²) in [4.78, 5) is 21.7. The van der Waals surface area contributed by atoms with Gasteiger partial charge in [-0.25, -0.2) is 9.78 Å². The monoisotopic (exact) mass is 269 g/mol. The molecule has 1 aromatic heterocycles. The molecule has 0 radical (unpaired) electrons. The Morgan fingerprint density at radius 1 is 1.40 bits per heavy atom. The van der Waals surface area contributed by atoms with E-state index in [4.69, 9.17) is 5.11 Å². The third-order valence-electron chi connectivity index (χ3n) is 3.65. The van der Waals surface area contributed by atoms with Crippen LogP contribution in [0, 0.1) is 0 Å². The van der Waals surface area contributed by atoms with Crippen LogP contribution in [0.2, 0.25) is 0 Å². The smallest absolute Gasteiger partial charge is 0.335 e. The predicted molar refractivity (Wildman–Crippen MR) is 75.4 cm³/mol. The molecule has 1 N–H and O–H groups in total. The number of aromatic nitrogens is 2. The molecule has 0 saturated carbocycles. The average Bonchev–Trinajstić information content (AvgIpc) is 2.47. The van der Waals surface area contributed by atoms with Crippen LogP contribution in [0.15, 0.2) is 36.8 Å². The molecule has 0 spiro atoms. The summed E-state index contributed by atoms with van der Waals surface area (Å²) < 4.78 is 0. The minimum Gasteiger partial charge on any atom is -0.478 e. The minimum absolute atomic E-state index is 0.315. The van der Waals surface area contributed by atoms with Crippen molar-refractivity contribution in [2.45, 2.75) is 25.8 Å². The van der Waals surface area contributed by atoms with Gasteiger partial charge >= 0.3 is 5.97 Å². The molecule has 0 saturated heterocycles. The molecule has 0 amide bonds. The summed E-state index contributed by atoms with van der Waals surface area (Å²) in [5, 5.41) is 9.09. The van der Waals surface area contributed by atoms with Crippen molar-refractivity contribution in [3.05, 3.63) is 47.9 Å². The fourth-order valence-electron chi connectivity index (χ4n) is 2.65. The van der Waals surface area contributed by atoms with E-state index in [0.29, 0.717) is 11.6 Å². The average molecular weight is 269 g/mol. The van der Waals surface area contributed by atoms with Crippen LogP contribution in [0.3, 0.4) is 0 Å². The number of aryl methyl sites for hydroxylation is 1. The number of anilines is 2. The van der Waals surface area contributed by atoms with Gasteiger partial charge in [0.15, 0.2) is 5.82 Å². The number of nitrogens with zero attached hydrogens (tertiary/aromatic N) is 3. The second-order valence-electron chi connectivity index (χ2n) is 4.97. The molecule has 1 aromatic carbocycles. The van der Waals surface area contributed by atoms with Gasteiger partial charge in [-0.15, -0.1) is 0 Å². The largest absolute Gasteiger partial charge is 0.478 e. The number of carboxylic acids is 1. The Kier molecular flexibility index (Phi) is 3.10. The summed E-state index contributed by atoms with van der Waals surface area (Å²) in [5.74, 6) is -0.0958. The van der Waals surface area contributed by atoms with Gasteiger partial charge in [0.05, 0.1) is 11.8 Å². The van der Waals surface area contributed by atoms with Crippen molar-refractivity contribution in [1.29, 1.82) is 0 Å². The quantitative estimate of drug-likeness (QED) is 0.907. The normalized spacial score (nSPS) is 17.6. The molecular weight excluding hydrogens is 254 g/mol. The van der Waals surface area contributed by atoms with Crippen LogP contribution >= 0.6 is 0 Å². The molecule has 5 nitrogen and oxygen atoms in total. The number of hydrogen-bond acceptors (Lipinski definition) is 4. The Morgan fingerprint density at radius 3 is 2.95 bits per heavy atom. The maximum atomic E-state index is 11.1. The van der Waals surface area contributed by atoms with Crippen molar-refractivity contribution in [2.75, 3.05) is 4.90 Å². The molecule has 2 aromatic rings. The van der Waals surface area contributed by atoms with Gasteiger partial charge in [-0.1, -0.05) is 0 Å². The molecule has 1 unspecified atom stereocenters. The van der Waals surface area contributed by atoms with E-state index in [9.17, 15) is 4.79 Å². The lowest BCUT2D eigenvalue weighted by molar-refractivity contribution is 0.0697. The number of aromatic carboxylic acids is 1. The zero-order valence-corrected chi connectivity index (χ0v) is 11.2. The van der Waals surface area contributed by atoms with Gasteiger partial charge < -0.3 is 10.0 Å². The standard InChI is InChI=1S/C15H15N3O2/c1-10-2-3-11-8-12(15(19)20)4-5-13(11)18(10)14-9-16-6-7-17-14/h4-10H,2-3H2,1H3,(H,19,20). The highest BCUT2D eigenvalue weighted by Gasteiger charge is 2.26. The van der Waals surface area contributed by atoms with Crippen LogP contribution in [0.1, 0.15) is 29.3 Å². The molecule has 1 atom stereocenters.